The highest BCUT2D eigenvalue weighted by Crippen LogP contribution is 2.18. The lowest BCUT2D eigenvalue weighted by Crippen LogP contribution is -2.57. The maximum absolute atomic E-state index is 12.5. The molecule has 1 aromatic rings. The van der Waals surface area contributed by atoms with Gasteiger partial charge in [-0.1, -0.05) is 11.6 Å². The SMILES string of the molecule is CC1CNCC(C)N1C(=O)c1cc(Cl)cn1C. The first-order chi connectivity index (χ1) is 8.00. The number of rotatable bonds is 1. The molecule has 94 valence electrons. The van der Waals surface area contributed by atoms with Gasteiger partial charge in [-0.2, -0.15) is 0 Å². The molecule has 2 heterocycles. The minimum atomic E-state index is 0.0564. The van der Waals surface area contributed by atoms with Gasteiger partial charge < -0.3 is 14.8 Å². The lowest BCUT2D eigenvalue weighted by atomic mass is 10.1. The predicted molar refractivity (Wildman–Crippen MR) is 68.4 cm³/mol. The van der Waals surface area contributed by atoms with Crippen LogP contribution in [0.5, 0.6) is 0 Å². The van der Waals surface area contributed by atoms with Crippen molar-refractivity contribution in [3.63, 3.8) is 0 Å². The Hall–Kier alpha value is -1.00. The summed E-state index contributed by atoms with van der Waals surface area (Å²) in [5.74, 6) is 0.0564. The zero-order valence-corrected chi connectivity index (χ0v) is 11.2. The average molecular weight is 256 g/mol. The third-order valence-electron chi connectivity index (χ3n) is 3.25. The lowest BCUT2D eigenvalue weighted by molar-refractivity contribution is 0.0534. The van der Waals surface area contributed by atoms with E-state index in [0.717, 1.165) is 13.1 Å². The summed E-state index contributed by atoms with van der Waals surface area (Å²) in [6.45, 7) is 5.80. The van der Waals surface area contributed by atoms with Crippen molar-refractivity contribution in [2.45, 2.75) is 25.9 Å². The normalized spacial score (nSPS) is 25.1. The Morgan fingerprint density at radius 2 is 2.00 bits per heavy atom. The molecule has 0 saturated carbocycles. The largest absolute Gasteiger partial charge is 0.345 e. The number of aryl methyl sites for hydroxylation is 1. The number of halogens is 1. The number of amides is 1. The zero-order chi connectivity index (χ0) is 12.6. The van der Waals surface area contributed by atoms with E-state index in [1.54, 1.807) is 16.8 Å². The van der Waals surface area contributed by atoms with E-state index >= 15 is 0 Å². The van der Waals surface area contributed by atoms with E-state index in [1.165, 1.54) is 0 Å². The fourth-order valence-electron chi connectivity index (χ4n) is 2.40. The summed E-state index contributed by atoms with van der Waals surface area (Å²) in [5, 5.41) is 3.92. The van der Waals surface area contributed by atoms with E-state index in [-0.39, 0.29) is 18.0 Å². The third kappa shape index (κ3) is 2.33. The van der Waals surface area contributed by atoms with Crippen LogP contribution in [0.1, 0.15) is 24.3 Å². The summed E-state index contributed by atoms with van der Waals surface area (Å²) < 4.78 is 1.78. The van der Waals surface area contributed by atoms with Gasteiger partial charge in [0, 0.05) is 38.4 Å². The Morgan fingerprint density at radius 1 is 1.41 bits per heavy atom. The molecule has 2 rings (SSSR count). The molecule has 4 nitrogen and oxygen atoms in total. The Morgan fingerprint density at radius 3 is 2.47 bits per heavy atom. The minimum Gasteiger partial charge on any atom is -0.345 e. The fraction of sp³-hybridized carbons (Fsp3) is 0.583. The van der Waals surface area contributed by atoms with Crippen molar-refractivity contribution in [3.05, 3.63) is 23.0 Å². The maximum Gasteiger partial charge on any atom is 0.271 e. The number of carbonyl (C=O) groups excluding carboxylic acids is 1. The maximum atomic E-state index is 12.5. The predicted octanol–water partition coefficient (Wildman–Crippen LogP) is 1.50. The fourth-order valence-corrected chi connectivity index (χ4v) is 2.65. The first-order valence-electron chi connectivity index (χ1n) is 5.86. The van der Waals surface area contributed by atoms with Gasteiger partial charge in [-0.25, -0.2) is 0 Å². The molecular formula is C12H18ClN3O. The molecule has 0 aliphatic carbocycles. The number of hydrogen-bond donors (Lipinski definition) is 1. The summed E-state index contributed by atoms with van der Waals surface area (Å²) in [6, 6.07) is 2.14. The van der Waals surface area contributed by atoms with E-state index in [1.807, 2.05) is 11.9 Å². The smallest absolute Gasteiger partial charge is 0.271 e. The second-order valence-corrected chi connectivity index (χ2v) is 5.16. The van der Waals surface area contributed by atoms with Crippen LogP contribution >= 0.6 is 11.6 Å². The molecule has 0 radical (unpaired) electrons. The van der Waals surface area contributed by atoms with Gasteiger partial charge in [0.1, 0.15) is 5.69 Å². The van der Waals surface area contributed by atoms with E-state index in [0.29, 0.717) is 10.7 Å². The molecule has 1 aliphatic rings. The van der Waals surface area contributed by atoms with Crippen molar-refractivity contribution in [2.75, 3.05) is 13.1 Å². The van der Waals surface area contributed by atoms with Gasteiger partial charge in [0.2, 0.25) is 0 Å². The van der Waals surface area contributed by atoms with Gasteiger partial charge in [-0.05, 0) is 19.9 Å². The number of carbonyl (C=O) groups is 1. The van der Waals surface area contributed by atoms with Crippen molar-refractivity contribution in [3.8, 4) is 0 Å². The van der Waals surface area contributed by atoms with Gasteiger partial charge in [0.15, 0.2) is 0 Å². The van der Waals surface area contributed by atoms with Crippen molar-refractivity contribution >= 4 is 17.5 Å². The van der Waals surface area contributed by atoms with Gasteiger partial charge in [0.25, 0.3) is 5.91 Å². The van der Waals surface area contributed by atoms with Crippen LogP contribution in [0.3, 0.4) is 0 Å². The van der Waals surface area contributed by atoms with Crippen LogP contribution in [-0.2, 0) is 7.05 Å². The lowest BCUT2D eigenvalue weighted by Gasteiger charge is -2.39. The second-order valence-electron chi connectivity index (χ2n) is 4.72. The number of piperazine rings is 1. The standard InChI is InChI=1S/C12H18ClN3O/c1-8-5-14-6-9(2)16(8)12(17)11-4-10(13)7-15(11)3/h4,7-9,14H,5-6H2,1-3H3. The highest BCUT2D eigenvalue weighted by Gasteiger charge is 2.30. The Bertz CT molecular complexity index is 419. The number of hydrogen-bond acceptors (Lipinski definition) is 2. The second kappa shape index (κ2) is 4.70. The van der Waals surface area contributed by atoms with Gasteiger partial charge in [0.05, 0.1) is 5.02 Å². The van der Waals surface area contributed by atoms with Crippen molar-refractivity contribution < 1.29 is 4.79 Å². The summed E-state index contributed by atoms with van der Waals surface area (Å²) >= 11 is 5.92. The minimum absolute atomic E-state index is 0.0564. The van der Waals surface area contributed by atoms with Crippen molar-refractivity contribution in [2.24, 2.45) is 7.05 Å². The molecule has 1 aromatic heterocycles. The molecule has 0 spiro atoms. The quantitative estimate of drug-likeness (QED) is 0.826. The van der Waals surface area contributed by atoms with Gasteiger partial charge >= 0.3 is 0 Å². The molecule has 0 aromatic carbocycles. The molecule has 2 atom stereocenters. The molecule has 2 unspecified atom stereocenters. The number of aromatic nitrogens is 1. The highest BCUT2D eigenvalue weighted by atomic mass is 35.5. The number of nitrogens with zero attached hydrogens (tertiary/aromatic N) is 2. The first kappa shape index (κ1) is 12.5. The van der Waals surface area contributed by atoms with E-state index in [2.05, 4.69) is 19.2 Å². The molecule has 1 fully saturated rings. The van der Waals surface area contributed by atoms with Crippen LogP contribution in [-0.4, -0.2) is 40.5 Å². The van der Waals surface area contributed by atoms with E-state index in [9.17, 15) is 4.79 Å². The van der Waals surface area contributed by atoms with Crippen molar-refractivity contribution in [1.82, 2.24) is 14.8 Å². The first-order valence-corrected chi connectivity index (χ1v) is 6.23. The average Bonchev–Trinajstić information content (AvgIpc) is 2.57. The molecule has 1 N–H and O–H groups in total. The zero-order valence-electron chi connectivity index (χ0n) is 10.4. The van der Waals surface area contributed by atoms with Crippen LogP contribution in [0.15, 0.2) is 12.3 Å². The van der Waals surface area contributed by atoms with E-state index in [4.69, 9.17) is 11.6 Å². The van der Waals surface area contributed by atoms with Crippen LogP contribution in [0, 0.1) is 0 Å². The van der Waals surface area contributed by atoms with Crippen LogP contribution < -0.4 is 5.32 Å². The Balaban J connectivity index is 2.27. The summed E-state index contributed by atoms with van der Waals surface area (Å²) in [4.78, 5) is 14.4. The van der Waals surface area contributed by atoms with E-state index < -0.39 is 0 Å². The third-order valence-corrected chi connectivity index (χ3v) is 3.46. The molecule has 0 bridgehead atoms. The monoisotopic (exact) mass is 255 g/mol. The van der Waals surface area contributed by atoms with Gasteiger partial charge in [-0.3, -0.25) is 4.79 Å². The molecule has 1 aliphatic heterocycles. The van der Waals surface area contributed by atoms with Crippen molar-refractivity contribution in [1.29, 1.82) is 0 Å². The molecule has 17 heavy (non-hydrogen) atoms. The Labute approximate surface area is 107 Å². The Kier molecular flexibility index (Phi) is 3.45. The van der Waals surface area contributed by atoms with Crippen LogP contribution in [0.25, 0.3) is 0 Å². The molecule has 1 saturated heterocycles. The summed E-state index contributed by atoms with van der Waals surface area (Å²) in [5.41, 5.74) is 0.649. The molecule has 5 heteroatoms. The summed E-state index contributed by atoms with van der Waals surface area (Å²) in [7, 11) is 1.84. The summed E-state index contributed by atoms with van der Waals surface area (Å²) in [6.07, 6.45) is 1.76. The molecular weight excluding hydrogens is 238 g/mol. The van der Waals surface area contributed by atoms with Gasteiger partial charge in [-0.15, -0.1) is 0 Å². The van der Waals surface area contributed by atoms with Crippen LogP contribution in [0.2, 0.25) is 5.02 Å². The molecule has 1 amide bonds. The highest BCUT2D eigenvalue weighted by molar-refractivity contribution is 6.31. The van der Waals surface area contributed by atoms with Crippen LogP contribution in [0.4, 0.5) is 0 Å². The topological polar surface area (TPSA) is 37.3 Å². The number of nitrogens with one attached hydrogen (secondary N) is 1.